The van der Waals surface area contributed by atoms with Gasteiger partial charge >= 0.3 is 0 Å². The Kier molecular flexibility index (Phi) is 6.58. The van der Waals surface area contributed by atoms with Gasteiger partial charge in [-0.2, -0.15) is 0 Å². The fraction of sp³-hybridized carbons (Fsp3) is 0.333. The fourth-order valence-electron chi connectivity index (χ4n) is 2.62. The van der Waals surface area contributed by atoms with E-state index in [9.17, 15) is 5.11 Å². The van der Waals surface area contributed by atoms with Crippen LogP contribution in [0.4, 0.5) is 0 Å². The van der Waals surface area contributed by atoms with Crippen LogP contribution in [0.2, 0.25) is 0 Å². The second-order valence-electron chi connectivity index (χ2n) is 5.99. The quantitative estimate of drug-likeness (QED) is 0.808. The van der Waals surface area contributed by atoms with E-state index in [1.165, 1.54) is 5.56 Å². The minimum atomic E-state index is 0. The minimum absolute atomic E-state index is 0. The molecule has 0 saturated carbocycles. The first kappa shape index (κ1) is 18.4. The van der Waals surface area contributed by atoms with Crippen molar-refractivity contribution < 1.29 is 42.3 Å². The maximum atomic E-state index is 9.68. The van der Waals surface area contributed by atoms with E-state index >= 15 is 0 Å². The van der Waals surface area contributed by atoms with Crippen LogP contribution in [0.25, 0.3) is 0 Å². The summed E-state index contributed by atoms with van der Waals surface area (Å²) in [5.74, 6) is 0.335. The number of aromatic hydroxyl groups is 1. The molecule has 0 fully saturated rings. The van der Waals surface area contributed by atoms with Gasteiger partial charge in [-0.1, -0.05) is 42.5 Å². The zero-order valence-electron chi connectivity index (χ0n) is 13.3. The average Bonchev–Trinajstić information content (AvgIpc) is 2.46. The van der Waals surface area contributed by atoms with E-state index in [1.54, 1.807) is 6.07 Å². The smallest absolute Gasteiger partial charge is 0.116 e. The molecule has 0 amide bonds. The molecule has 2 aromatic rings. The molecule has 1 radical (unpaired) electrons. The summed E-state index contributed by atoms with van der Waals surface area (Å²) in [4.78, 5) is 0. The molecule has 2 rings (SSSR count). The molecule has 0 spiro atoms. The summed E-state index contributed by atoms with van der Waals surface area (Å²) in [6.45, 7) is 4.48. The Balaban J connectivity index is 0.00000220. The molecule has 1 N–H and O–H groups in total. The number of phenols is 1. The monoisotopic (exact) mass is 359 g/mol. The fourth-order valence-corrected chi connectivity index (χ4v) is 2.62. The van der Waals surface area contributed by atoms with Crippen LogP contribution in [0.3, 0.4) is 0 Å². The van der Waals surface area contributed by atoms with E-state index in [1.807, 2.05) is 12.1 Å². The van der Waals surface area contributed by atoms with Crippen molar-refractivity contribution in [2.75, 3.05) is 14.1 Å². The van der Waals surface area contributed by atoms with Crippen LogP contribution < -0.4 is 0 Å². The third-order valence-corrected chi connectivity index (χ3v) is 4.63. The molecule has 21 heavy (non-hydrogen) atoms. The summed E-state index contributed by atoms with van der Waals surface area (Å²) in [5.41, 5.74) is 2.50. The second-order valence-corrected chi connectivity index (χ2v) is 5.99. The molecular formula is C18H24NOY+. The molecule has 2 aromatic carbocycles. The van der Waals surface area contributed by atoms with Crippen molar-refractivity contribution in [2.24, 2.45) is 0 Å². The number of benzene rings is 2. The zero-order chi connectivity index (χ0) is 14.8. The van der Waals surface area contributed by atoms with Gasteiger partial charge in [-0.15, -0.1) is 0 Å². The summed E-state index contributed by atoms with van der Waals surface area (Å²) < 4.78 is 0.841. The van der Waals surface area contributed by atoms with Crippen molar-refractivity contribution in [3.05, 3.63) is 65.7 Å². The SMILES string of the molecule is C[C@@H](c1ccccc1)[N+](C)(C)[C@@H](C)c1cccc(O)c1.[Y]. The van der Waals surface area contributed by atoms with E-state index < -0.39 is 0 Å². The second kappa shape index (κ2) is 7.53. The number of hydrogen-bond acceptors (Lipinski definition) is 1. The van der Waals surface area contributed by atoms with E-state index in [4.69, 9.17) is 0 Å². The maximum Gasteiger partial charge on any atom is 0.116 e. The summed E-state index contributed by atoms with van der Waals surface area (Å²) >= 11 is 0. The van der Waals surface area contributed by atoms with Gasteiger partial charge in [0.25, 0.3) is 0 Å². The van der Waals surface area contributed by atoms with Crippen LogP contribution in [0.15, 0.2) is 54.6 Å². The number of quaternary nitrogens is 1. The van der Waals surface area contributed by atoms with Crippen LogP contribution in [-0.4, -0.2) is 23.7 Å². The first-order chi connectivity index (χ1) is 9.43. The molecule has 0 aliphatic rings. The summed E-state index contributed by atoms with van der Waals surface area (Å²) in [6, 6.07) is 18.9. The Morgan fingerprint density at radius 3 is 1.90 bits per heavy atom. The van der Waals surface area contributed by atoms with Crippen molar-refractivity contribution in [3.8, 4) is 5.75 Å². The maximum absolute atomic E-state index is 9.68. The van der Waals surface area contributed by atoms with Gasteiger partial charge in [-0.05, 0) is 26.0 Å². The molecule has 0 heterocycles. The number of rotatable bonds is 4. The van der Waals surface area contributed by atoms with E-state index in [0.717, 1.165) is 10.0 Å². The standard InChI is InChI=1S/C18H23NO.Y/c1-14(16-9-6-5-7-10-16)19(3,4)15(2)17-11-8-12-18(20)13-17;/h5-15H,1-4H3;/p+1/t14-,15-;/m0./s1. The number of nitrogens with zero attached hydrogens (tertiary/aromatic N) is 1. The molecular weight excluding hydrogens is 335 g/mol. The predicted molar refractivity (Wildman–Crippen MR) is 83.5 cm³/mol. The minimum Gasteiger partial charge on any atom is -0.508 e. The molecule has 3 heteroatoms. The Hall–Kier alpha value is -0.696. The van der Waals surface area contributed by atoms with Gasteiger partial charge in [0.2, 0.25) is 0 Å². The van der Waals surface area contributed by atoms with E-state index in [2.05, 4.69) is 64.3 Å². The molecule has 2 nitrogen and oxygen atoms in total. The molecule has 0 saturated heterocycles. The van der Waals surface area contributed by atoms with Crippen LogP contribution in [0, 0.1) is 0 Å². The van der Waals surface area contributed by atoms with Gasteiger partial charge in [0, 0.05) is 43.8 Å². The van der Waals surface area contributed by atoms with Crippen molar-refractivity contribution >= 4 is 0 Å². The summed E-state index contributed by atoms with van der Waals surface area (Å²) in [6.07, 6.45) is 0. The van der Waals surface area contributed by atoms with Crippen LogP contribution in [0.5, 0.6) is 5.75 Å². The summed E-state index contributed by atoms with van der Waals surface area (Å²) in [7, 11) is 4.48. The topological polar surface area (TPSA) is 20.2 Å². The van der Waals surface area contributed by atoms with Crippen LogP contribution >= 0.6 is 0 Å². The van der Waals surface area contributed by atoms with Gasteiger partial charge in [-0.25, -0.2) is 0 Å². The average molecular weight is 359 g/mol. The molecule has 0 aromatic heterocycles. The molecule has 2 atom stereocenters. The molecule has 0 bridgehead atoms. The van der Waals surface area contributed by atoms with Gasteiger partial charge in [0.1, 0.15) is 17.8 Å². The Bertz CT molecular complexity index is 568. The number of hydrogen-bond donors (Lipinski definition) is 1. The van der Waals surface area contributed by atoms with E-state index in [0.29, 0.717) is 17.8 Å². The third-order valence-electron chi connectivity index (χ3n) is 4.63. The van der Waals surface area contributed by atoms with Gasteiger partial charge in [0.05, 0.1) is 14.1 Å². The Morgan fingerprint density at radius 1 is 0.810 bits per heavy atom. The first-order valence-corrected chi connectivity index (χ1v) is 7.10. The van der Waals surface area contributed by atoms with E-state index in [-0.39, 0.29) is 32.7 Å². The predicted octanol–water partition coefficient (Wildman–Crippen LogP) is 4.29. The Morgan fingerprint density at radius 2 is 1.33 bits per heavy atom. The molecule has 0 unspecified atom stereocenters. The Labute approximate surface area is 153 Å². The van der Waals surface area contributed by atoms with Crippen molar-refractivity contribution in [1.29, 1.82) is 0 Å². The van der Waals surface area contributed by atoms with Crippen LogP contribution in [-0.2, 0) is 32.7 Å². The summed E-state index contributed by atoms with van der Waals surface area (Å²) in [5, 5.41) is 9.68. The molecule has 109 valence electrons. The van der Waals surface area contributed by atoms with Gasteiger partial charge < -0.3 is 9.59 Å². The number of phenolic OH excluding ortho intramolecular Hbond substituents is 1. The first-order valence-electron chi connectivity index (χ1n) is 7.10. The molecule has 0 aliphatic heterocycles. The largest absolute Gasteiger partial charge is 0.508 e. The normalized spacial score (nSPS) is 14.1. The zero-order valence-corrected chi connectivity index (χ0v) is 16.2. The van der Waals surface area contributed by atoms with Crippen molar-refractivity contribution in [1.82, 2.24) is 0 Å². The van der Waals surface area contributed by atoms with Crippen molar-refractivity contribution in [2.45, 2.75) is 25.9 Å². The van der Waals surface area contributed by atoms with Crippen LogP contribution in [0.1, 0.15) is 37.1 Å². The molecule has 0 aliphatic carbocycles. The van der Waals surface area contributed by atoms with Gasteiger partial charge in [0.15, 0.2) is 0 Å². The van der Waals surface area contributed by atoms with Crippen molar-refractivity contribution in [3.63, 3.8) is 0 Å². The third kappa shape index (κ3) is 4.15. The van der Waals surface area contributed by atoms with Gasteiger partial charge in [-0.3, -0.25) is 0 Å².